The lowest BCUT2D eigenvalue weighted by Gasteiger charge is -2.26. The van der Waals surface area contributed by atoms with Gasteiger partial charge >= 0.3 is 0 Å². The van der Waals surface area contributed by atoms with Gasteiger partial charge in [-0.2, -0.15) is 5.10 Å². The molecule has 1 aliphatic rings. The van der Waals surface area contributed by atoms with Gasteiger partial charge in [-0.3, -0.25) is 10.00 Å². The summed E-state index contributed by atoms with van der Waals surface area (Å²) < 4.78 is 13.8. The van der Waals surface area contributed by atoms with Gasteiger partial charge in [0.25, 0.3) is 0 Å². The molecule has 1 aromatic heterocycles. The Kier molecular flexibility index (Phi) is 4.99. The first-order valence-corrected chi connectivity index (χ1v) is 8.29. The highest BCUT2D eigenvalue weighted by atomic mass is 35.5. The van der Waals surface area contributed by atoms with Crippen LogP contribution in [0.2, 0.25) is 5.02 Å². The minimum Gasteiger partial charge on any atom is -0.312 e. The summed E-state index contributed by atoms with van der Waals surface area (Å²) in [7, 11) is 2.09. The molecule has 2 N–H and O–H groups in total. The molecule has 0 radical (unpaired) electrons. The number of aryl methyl sites for hydroxylation is 1. The van der Waals surface area contributed by atoms with Gasteiger partial charge in [0.2, 0.25) is 0 Å². The number of hydrogen-bond acceptors (Lipinski definition) is 3. The van der Waals surface area contributed by atoms with E-state index in [9.17, 15) is 4.39 Å². The van der Waals surface area contributed by atoms with E-state index in [2.05, 4.69) is 27.5 Å². The SMILES string of the molecule is Cc1[nH]ncc1CNC[C@H]1CCN(C)[C@H]1c1ccc(Cl)c(F)c1. The molecule has 0 unspecified atom stereocenters. The van der Waals surface area contributed by atoms with E-state index in [0.717, 1.165) is 37.3 Å². The van der Waals surface area contributed by atoms with Crippen LogP contribution in [0.5, 0.6) is 0 Å². The fourth-order valence-corrected chi connectivity index (χ4v) is 3.53. The van der Waals surface area contributed by atoms with Gasteiger partial charge in [-0.15, -0.1) is 0 Å². The number of halogens is 2. The zero-order valence-corrected chi connectivity index (χ0v) is 14.2. The van der Waals surface area contributed by atoms with Gasteiger partial charge in [-0.1, -0.05) is 17.7 Å². The Morgan fingerprint density at radius 1 is 1.48 bits per heavy atom. The van der Waals surface area contributed by atoms with Crippen LogP contribution in [0.4, 0.5) is 4.39 Å². The van der Waals surface area contributed by atoms with Crippen molar-refractivity contribution < 1.29 is 4.39 Å². The molecule has 1 fully saturated rings. The molecule has 4 nitrogen and oxygen atoms in total. The minimum atomic E-state index is -0.342. The lowest BCUT2D eigenvalue weighted by Crippen LogP contribution is -2.28. The molecule has 0 bridgehead atoms. The van der Waals surface area contributed by atoms with Crippen LogP contribution in [0.15, 0.2) is 24.4 Å². The highest BCUT2D eigenvalue weighted by Gasteiger charge is 2.33. The van der Waals surface area contributed by atoms with Crippen molar-refractivity contribution in [1.82, 2.24) is 20.4 Å². The summed E-state index contributed by atoms with van der Waals surface area (Å²) in [6.45, 7) is 4.73. The summed E-state index contributed by atoms with van der Waals surface area (Å²) in [6.07, 6.45) is 2.96. The molecule has 1 aliphatic heterocycles. The van der Waals surface area contributed by atoms with Crippen molar-refractivity contribution in [3.8, 4) is 0 Å². The fraction of sp³-hybridized carbons (Fsp3) is 0.471. The Bertz CT molecular complexity index is 672. The second-order valence-electron chi connectivity index (χ2n) is 6.30. The van der Waals surface area contributed by atoms with Gasteiger partial charge in [0, 0.05) is 30.4 Å². The van der Waals surface area contributed by atoms with Crippen LogP contribution in [-0.4, -0.2) is 35.2 Å². The van der Waals surface area contributed by atoms with Gasteiger partial charge < -0.3 is 5.32 Å². The van der Waals surface area contributed by atoms with Gasteiger partial charge in [0.05, 0.1) is 11.2 Å². The summed E-state index contributed by atoms with van der Waals surface area (Å²) in [5.41, 5.74) is 3.28. The monoisotopic (exact) mass is 336 g/mol. The van der Waals surface area contributed by atoms with E-state index in [0.29, 0.717) is 5.92 Å². The van der Waals surface area contributed by atoms with Crippen LogP contribution in [0.3, 0.4) is 0 Å². The number of H-pyrrole nitrogens is 1. The standard InChI is InChI=1S/C17H22ClFN4/c1-11-14(10-21-22-11)9-20-8-13-5-6-23(2)17(13)12-3-4-15(18)16(19)7-12/h3-4,7,10,13,17,20H,5-6,8-9H2,1-2H3,(H,21,22)/t13-,17+/m1/s1. The molecule has 1 aromatic carbocycles. The molecule has 2 aromatic rings. The maximum absolute atomic E-state index is 13.8. The van der Waals surface area contributed by atoms with Gasteiger partial charge in [-0.25, -0.2) is 4.39 Å². The van der Waals surface area contributed by atoms with Crippen molar-refractivity contribution in [3.63, 3.8) is 0 Å². The molecular formula is C17H22ClFN4. The fourth-order valence-electron chi connectivity index (χ4n) is 3.41. The first kappa shape index (κ1) is 16.4. The van der Waals surface area contributed by atoms with Crippen LogP contribution in [-0.2, 0) is 6.54 Å². The summed E-state index contributed by atoms with van der Waals surface area (Å²) in [6, 6.07) is 5.38. The molecule has 1 saturated heterocycles. The molecule has 0 amide bonds. The third-order valence-electron chi connectivity index (χ3n) is 4.72. The zero-order valence-electron chi connectivity index (χ0n) is 13.4. The van der Waals surface area contributed by atoms with E-state index >= 15 is 0 Å². The van der Waals surface area contributed by atoms with Crippen molar-refractivity contribution >= 4 is 11.6 Å². The van der Waals surface area contributed by atoms with Crippen molar-refractivity contribution in [1.29, 1.82) is 0 Å². The number of hydrogen-bond donors (Lipinski definition) is 2. The van der Waals surface area contributed by atoms with Crippen LogP contribution in [0.1, 0.15) is 29.3 Å². The Morgan fingerprint density at radius 3 is 3.00 bits per heavy atom. The van der Waals surface area contributed by atoms with E-state index in [4.69, 9.17) is 11.6 Å². The third-order valence-corrected chi connectivity index (χ3v) is 5.02. The topological polar surface area (TPSA) is 44.0 Å². The normalized spacial score (nSPS) is 21.9. The summed E-state index contributed by atoms with van der Waals surface area (Å²) in [5, 5.41) is 10.7. The Morgan fingerprint density at radius 2 is 2.30 bits per heavy atom. The Balaban J connectivity index is 1.66. The van der Waals surface area contributed by atoms with Crippen molar-refractivity contribution in [2.75, 3.05) is 20.1 Å². The number of nitrogens with one attached hydrogen (secondary N) is 2. The molecule has 0 spiro atoms. The first-order chi connectivity index (χ1) is 11.1. The van der Waals surface area contributed by atoms with Crippen LogP contribution in [0.25, 0.3) is 0 Å². The lowest BCUT2D eigenvalue weighted by atomic mass is 9.93. The van der Waals surface area contributed by atoms with Crippen LogP contribution < -0.4 is 5.32 Å². The van der Waals surface area contributed by atoms with Crippen LogP contribution in [0, 0.1) is 18.7 Å². The van der Waals surface area contributed by atoms with Gasteiger partial charge in [0.15, 0.2) is 0 Å². The quantitative estimate of drug-likeness (QED) is 0.880. The lowest BCUT2D eigenvalue weighted by molar-refractivity contribution is 0.271. The maximum Gasteiger partial charge on any atom is 0.142 e. The number of aromatic nitrogens is 2. The van der Waals surface area contributed by atoms with E-state index < -0.39 is 0 Å². The molecule has 23 heavy (non-hydrogen) atoms. The summed E-state index contributed by atoms with van der Waals surface area (Å²) in [5.74, 6) is 0.109. The Labute approximate surface area is 141 Å². The number of rotatable bonds is 5. The molecular weight excluding hydrogens is 315 g/mol. The van der Waals surface area contributed by atoms with E-state index in [1.54, 1.807) is 12.1 Å². The van der Waals surface area contributed by atoms with Crippen molar-refractivity contribution in [2.45, 2.75) is 25.9 Å². The maximum atomic E-state index is 13.8. The average molecular weight is 337 g/mol. The second kappa shape index (κ2) is 6.99. The molecule has 124 valence electrons. The number of benzene rings is 1. The molecule has 0 saturated carbocycles. The summed E-state index contributed by atoms with van der Waals surface area (Å²) >= 11 is 5.81. The predicted molar refractivity (Wildman–Crippen MR) is 89.9 cm³/mol. The largest absolute Gasteiger partial charge is 0.312 e. The predicted octanol–water partition coefficient (Wildman–Crippen LogP) is 3.29. The highest BCUT2D eigenvalue weighted by molar-refractivity contribution is 6.30. The molecule has 0 aliphatic carbocycles. The smallest absolute Gasteiger partial charge is 0.142 e. The zero-order chi connectivity index (χ0) is 16.4. The van der Waals surface area contributed by atoms with E-state index in [-0.39, 0.29) is 16.9 Å². The third kappa shape index (κ3) is 3.57. The van der Waals surface area contributed by atoms with E-state index in [1.807, 2.05) is 19.2 Å². The number of aromatic amines is 1. The number of nitrogens with zero attached hydrogens (tertiary/aromatic N) is 2. The van der Waals surface area contributed by atoms with Crippen molar-refractivity contribution in [3.05, 3.63) is 52.1 Å². The second-order valence-corrected chi connectivity index (χ2v) is 6.71. The van der Waals surface area contributed by atoms with E-state index in [1.165, 1.54) is 5.56 Å². The highest BCUT2D eigenvalue weighted by Crippen LogP contribution is 2.36. The summed E-state index contributed by atoms with van der Waals surface area (Å²) in [4.78, 5) is 2.29. The minimum absolute atomic E-state index is 0.180. The molecule has 3 rings (SSSR count). The van der Waals surface area contributed by atoms with Crippen molar-refractivity contribution in [2.24, 2.45) is 5.92 Å². The molecule has 6 heteroatoms. The number of likely N-dealkylation sites (tertiary alicyclic amines) is 1. The Hall–Kier alpha value is -1.43. The first-order valence-electron chi connectivity index (χ1n) is 7.91. The van der Waals surface area contributed by atoms with Crippen LogP contribution >= 0.6 is 11.6 Å². The van der Waals surface area contributed by atoms with Gasteiger partial charge in [-0.05, 0) is 50.6 Å². The average Bonchev–Trinajstić information content (AvgIpc) is 3.09. The van der Waals surface area contributed by atoms with Gasteiger partial charge in [0.1, 0.15) is 5.82 Å². The molecule has 2 atom stereocenters. The molecule has 2 heterocycles.